The summed E-state index contributed by atoms with van der Waals surface area (Å²) in [5.74, 6) is -0.385. The van der Waals surface area contributed by atoms with E-state index in [1.807, 2.05) is 0 Å². The maximum Gasteiger partial charge on any atom is 0.149 e. The van der Waals surface area contributed by atoms with Crippen LogP contribution in [0.4, 0.5) is 15.8 Å². The molecule has 0 atom stereocenters. The van der Waals surface area contributed by atoms with Gasteiger partial charge in [0.15, 0.2) is 0 Å². The molecule has 0 saturated heterocycles. The van der Waals surface area contributed by atoms with E-state index in [-0.39, 0.29) is 11.3 Å². The molecule has 0 aliphatic rings. The zero-order valence-corrected chi connectivity index (χ0v) is 6.79. The zero-order chi connectivity index (χ0) is 9.42. The molecule has 66 valence electrons. The van der Waals surface area contributed by atoms with Gasteiger partial charge in [-0.05, 0) is 6.07 Å². The minimum absolute atomic E-state index is 0.259. The van der Waals surface area contributed by atoms with Crippen molar-refractivity contribution in [3.05, 3.63) is 30.2 Å². The minimum atomic E-state index is -0.385. The maximum atomic E-state index is 13.1. The lowest BCUT2D eigenvalue weighted by Gasteiger charge is -2.04. The Morgan fingerprint density at radius 3 is 2.77 bits per heavy atom. The van der Waals surface area contributed by atoms with E-state index >= 15 is 0 Å². The van der Waals surface area contributed by atoms with Crippen LogP contribution in [-0.2, 0) is 0 Å². The summed E-state index contributed by atoms with van der Waals surface area (Å²) < 4.78 is 13.1. The first kappa shape index (κ1) is 7.79. The van der Waals surface area contributed by atoms with E-state index in [9.17, 15) is 4.39 Å². The number of nitrogens with zero attached hydrogens (tertiary/aromatic N) is 1. The highest BCUT2D eigenvalue weighted by atomic mass is 19.1. The van der Waals surface area contributed by atoms with Gasteiger partial charge in [0.05, 0.1) is 17.6 Å². The van der Waals surface area contributed by atoms with E-state index in [1.54, 1.807) is 12.1 Å². The zero-order valence-electron chi connectivity index (χ0n) is 6.79. The average Bonchev–Trinajstić information content (AvgIpc) is 2.12. The molecule has 3 nitrogen and oxygen atoms in total. The molecular formula is C9H8FN3. The summed E-state index contributed by atoms with van der Waals surface area (Å²) in [6.07, 6.45) is 1.36. The van der Waals surface area contributed by atoms with E-state index in [0.717, 1.165) is 0 Å². The smallest absolute Gasteiger partial charge is 0.149 e. The molecule has 0 aliphatic heterocycles. The number of hydrogen-bond donors (Lipinski definition) is 2. The second-order valence-corrected chi connectivity index (χ2v) is 2.76. The number of benzene rings is 1. The molecule has 4 N–H and O–H groups in total. The van der Waals surface area contributed by atoms with Gasteiger partial charge in [0, 0.05) is 5.39 Å². The van der Waals surface area contributed by atoms with Gasteiger partial charge in [-0.25, -0.2) is 4.39 Å². The summed E-state index contributed by atoms with van der Waals surface area (Å²) >= 11 is 0. The highest BCUT2D eigenvalue weighted by molar-refractivity contribution is 5.95. The Morgan fingerprint density at radius 1 is 1.23 bits per heavy atom. The molecule has 13 heavy (non-hydrogen) atoms. The number of pyridine rings is 1. The quantitative estimate of drug-likeness (QED) is 0.641. The van der Waals surface area contributed by atoms with Crippen LogP contribution in [0.5, 0.6) is 0 Å². The van der Waals surface area contributed by atoms with Crippen LogP contribution in [-0.4, -0.2) is 4.98 Å². The normalized spacial score (nSPS) is 10.5. The Bertz CT molecular complexity index is 468. The standard InChI is InChI=1S/C9H8FN3/c10-6-3-1-2-5-8(12)7(11)4-13-9(5)6/h1-4H,11H2,(H2,12,13). The molecule has 0 amide bonds. The number of fused-ring (bicyclic) bond motifs is 1. The van der Waals surface area contributed by atoms with Crippen molar-refractivity contribution in [1.29, 1.82) is 0 Å². The first-order valence-corrected chi connectivity index (χ1v) is 3.78. The molecule has 0 unspecified atom stereocenters. The third kappa shape index (κ3) is 1.07. The first-order valence-electron chi connectivity index (χ1n) is 3.78. The van der Waals surface area contributed by atoms with Gasteiger partial charge in [-0.2, -0.15) is 0 Å². The Morgan fingerprint density at radius 2 is 2.00 bits per heavy atom. The largest absolute Gasteiger partial charge is 0.396 e. The van der Waals surface area contributed by atoms with Crippen LogP contribution in [0.1, 0.15) is 0 Å². The minimum Gasteiger partial charge on any atom is -0.396 e. The van der Waals surface area contributed by atoms with Gasteiger partial charge in [-0.1, -0.05) is 12.1 Å². The first-order chi connectivity index (χ1) is 6.20. The lowest BCUT2D eigenvalue weighted by Crippen LogP contribution is -1.97. The number of anilines is 2. The number of aromatic nitrogens is 1. The molecule has 0 saturated carbocycles. The van der Waals surface area contributed by atoms with Gasteiger partial charge >= 0.3 is 0 Å². The van der Waals surface area contributed by atoms with E-state index in [0.29, 0.717) is 16.8 Å². The molecular weight excluding hydrogens is 169 g/mol. The maximum absolute atomic E-state index is 13.1. The van der Waals surface area contributed by atoms with Gasteiger partial charge < -0.3 is 11.5 Å². The van der Waals surface area contributed by atoms with Gasteiger partial charge in [0.25, 0.3) is 0 Å². The summed E-state index contributed by atoms with van der Waals surface area (Å²) in [6.45, 7) is 0. The molecule has 1 aromatic carbocycles. The number of para-hydroxylation sites is 1. The fourth-order valence-electron chi connectivity index (χ4n) is 1.22. The van der Waals surface area contributed by atoms with E-state index in [2.05, 4.69) is 4.98 Å². The Balaban J connectivity index is 2.94. The second-order valence-electron chi connectivity index (χ2n) is 2.76. The molecule has 4 heteroatoms. The molecule has 0 fully saturated rings. The van der Waals surface area contributed by atoms with Crippen LogP contribution in [0.2, 0.25) is 0 Å². The van der Waals surface area contributed by atoms with Crippen molar-refractivity contribution in [2.45, 2.75) is 0 Å². The molecule has 2 rings (SSSR count). The van der Waals surface area contributed by atoms with Crippen molar-refractivity contribution in [1.82, 2.24) is 4.98 Å². The van der Waals surface area contributed by atoms with Crippen molar-refractivity contribution in [3.63, 3.8) is 0 Å². The van der Waals surface area contributed by atoms with Crippen molar-refractivity contribution < 1.29 is 4.39 Å². The van der Waals surface area contributed by atoms with Gasteiger partial charge in [0.1, 0.15) is 11.3 Å². The van der Waals surface area contributed by atoms with Crippen molar-refractivity contribution in [2.75, 3.05) is 11.5 Å². The fraction of sp³-hybridized carbons (Fsp3) is 0. The van der Waals surface area contributed by atoms with E-state index in [1.165, 1.54) is 12.3 Å². The highest BCUT2D eigenvalue weighted by Gasteiger charge is 2.05. The van der Waals surface area contributed by atoms with Crippen molar-refractivity contribution >= 4 is 22.3 Å². The molecule has 1 heterocycles. The molecule has 0 aliphatic carbocycles. The number of nitrogen functional groups attached to an aromatic ring is 2. The third-order valence-corrected chi connectivity index (χ3v) is 1.92. The lowest BCUT2D eigenvalue weighted by atomic mass is 10.1. The van der Waals surface area contributed by atoms with Crippen molar-refractivity contribution in [3.8, 4) is 0 Å². The number of rotatable bonds is 0. The number of hydrogen-bond acceptors (Lipinski definition) is 3. The number of halogens is 1. The van der Waals surface area contributed by atoms with Crippen LogP contribution in [0, 0.1) is 5.82 Å². The SMILES string of the molecule is Nc1cnc2c(F)cccc2c1N. The summed E-state index contributed by atoms with van der Waals surface area (Å²) in [6, 6.07) is 4.61. The van der Waals surface area contributed by atoms with Gasteiger partial charge in [-0.15, -0.1) is 0 Å². The summed E-state index contributed by atoms with van der Waals surface area (Å²) in [5, 5.41) is 0.556. The Labute approximate surface area is 74.2 Å². The predicted molar refractivity (Wildman–Crippen MR) is 50.5 cm³/mol. The van der Waals surface area contributed by atoms with Crippen molar-refractivity contribution in [2.24, 2.45) is 0 Å². The molecule has 0 spiro atoms. The predicted octanol–water partition coefficient (Wildman–Crippen LogP) is 1.54. The summed E-state index contributed by atoms with van der Waals surface area (Å²) in [5.41, 5.74) is 12.2. The molecule has 0 bridgehead atoms. The lowest BCUT2D eigenvalue weighted by molar-refractivity contribution is 0.637. The van der Waals surface area contributed by atoms with Crippen LogP contribution in [0.15, 0.2) is 24.4 Å². The topological polar surface area (TPSA) is 64.9 Å². The molecule has 1 aromatic heterocycles. The Hall–Kier alpha value is -1.84. The van der Waals surface area contributed by atoms with E-state index < -0.39 is 0 Å². The third-order valence-electron chi connectivity index (χ3n) is 1.92. The molecule has 0 radical (unpaired) electrons. The fourth-order valence-corrected chi connectivity index (χ4v) is 1.22. The summed E-state index contributed by atoms with van der Waals surface area (Å²) in [7, 11) is 0. The van der Waals surface area contributed by atoms with Crippen LogP contribution in [0.25, 0.3) is 10.9 Å². The van der Waals surface area contributed by atoms with Crippen LogP contribution in [0.3, 0.4) is 0 Å². The highest BCUT2D eigenvalue weighted by Crippen LogP contribution is 2.25. The van der Waals surface area contributed by atoms with Gasteiger partial charge in [-0.3, -0.25) is 4.98 Å². The monoisotopic (exact) mass is 177 g/mol. The second kappa shape index (κ2) is 2.58. The number of nitrogens with two attached hydrogens (primary N) is 2. The average molecular weight is 177 g/mol. The Kier molecular flexibility index (Phi) is 1.55. The van der Waals surface area contributed by atoms with E-state index in [4.69, 9.17) is 11.5 Å². The molecule has 2 aromatic rings. The van der Waals surface area contributed by atoms with Crippen LogP contribution < -0.4 is 11.5 Å². The van der Waals surface area contributed by atoms with Gasteiger partial charge in [0.2, 0.25) is 0 Å². The summed E-state index contributed by atoms with van der Waals surface area (Å²) in [4.78, 5) is 3.86. The van der Waals surface area contributed by atoms with Crippen LogP contribution >= 0.6 is 0 Å².